The number of benzene rings is 1. The molecule has 0 amide bonds. The molecule has 1 aromatic carbocycles. The predicted octanol–water partition coefficient (Wildman–Crippen LogP) is 1.16. The van der Waals surface area contributed by atoms with Gasteiger partial charge in [-0.2, -0.15) is 0 Å². The molecule has 0 spiro atoms. The molecular weight excluding hydrogens is 190 g/mol. The summed E-state index contributed by atoms with van der Waals surface area (Å²) in [5, 5.41) is 13.6. The fraction of sp³-hybridized carbons (Fsp3) is 0.125. The number of carbonyl (C=O) groups excluding carboxylic acids is 1. The lowest BCUT2D eigenvalue weighted by molar-refractivity contribution is -0.742. The molecule has 0 saturated heterocycles. The quantitative estimate of drug-likeness (QED) is 0.438. The minimum atomic E-state index is -1.50. The molecule has 0 atom stereocenters. The molecule has 0 radical (unpaired) electrons. The first kappa shape index (κ1) is 11.9. The Hall–Kier alpha value is -2.11. The maximum atomic E-state index is 10.2. The van der Waals surface area contributed by atoms with Crippen LogP contribution in [0.2, 0.25) is 0 Å². The van der Waals surface area contributed by atoms with E-state index < -0.39 is 5.09 Å². The zero-order chi connectivity index (χ0) is 11.0. The molecule has 0 heterocycles. The van der Waals surface area contributed by atoms with Gasteiger partial charge in [0.15, 0.2) is 0 Å². The first-order valence-corrected chi connectivity index (χ1v) is 3.52. The Bertz CT molecular complexity index is 308. The molecule has 0 bridgehead atoms. The highest BCUT2D eigenvalue weighted by atomic mass is 16.9. The van der Waals surface area contributed by atoms with Gasteiger partial charge in [0, 0.05) is 5.56 Å². The van der Waals surface area contributed by atoms with Crippen LogP contribution in [0, 0.1) is 10.1 Å². The van der Waals surface area contributed by atoms with E-state index in [1.54, 1.807) is 31.4 Å². The van der Waals surface area contributed by atoms with Gasteiger partial charge < -0.3 is 9.94 Å². The number of rotatable bonds is 2. The predicted molar refractivity (Wildman–Crippen MR) is 47.2 cm³/mol. The summed E-state index contributed by atoms with van der Waals surface area (Å²) in [4.78, 5) is 18.6. The van der Waals surface area contributed by atoms with Crippen molar-refractivity contribution in [3.63, 3.8) is 0 Å². The Kier molecular flexibility index (Phi) is 5.44. The molecular formula is C8H9NO5. The molecule has 6 nitrogen and oxygen atoms in total. The van der Waals surface area contributed by atoms with Crippen molar-refractivity contribution in [2.24, 2.45) is 0 Å². The lowest BCUT2D eigenvalue weighted by Gasteiger charge is -1.97. The van der Waals surface area contributed by atoms with Crippen LogP contribution in [0.15, 0.2) is 24.3 Å². The molecule has 1 N–H and O–H groups in total. The molecule has 76 valence electrons. The van der Waals surface area contributed by atoms with Gasteiger partial charge >= 0.3 is 0 Å². The highest BCUT2D eigenvalue weighted by Gasteiger charge is 1.90. The molecule has 0 aliphatic carbocycles. The summed E-state index contributed by atoms with van der Waals surface area (Å²) in [6, 6.07) is 7.00. The van der Waals surface area contributed by atoms with Gasteiger partial charge in [-0.05, 0) is 12.1 Å². The lowest BCUT2D eigenvalue weighted by atomic mass is 10.2. The van der Waals surface area contributed by atoms with Crippen molar-refractivity contribution >= 4 is 6.29 Å². The fourth-order valence-corrected chi connectivity index (χ4v) is 0.715. The molecule has 0 aliphatic heterocycles. The number of aldehydes is 1. The van der Waals surface area contributed by atoms with Crippen LogP contribution in [0.4, 0.5) is 0 Å². The Balaban J connectivity index is 0.000000364. The third-order valence-corrected chi connectivity index (χ3v) is 1.23. The second-order valence-electron chi connectivity index (χ2n) is 2.13. The summed E-state index contributed by atoms with van der Waals surface area (Å²) in [6.45, 7) is 0. The van der Waals surface area contributed by atoms with E-state index >= 15 is 0 Å². The first-order valence-electron chi connectivity index (χ1n) is 3.52. The summed E-state index contributed by atoms with van der Waals surface area (Å²) in [7, 11) is 1.57. The van der Waals surface area contributed by atoms with E-state index in [4.69, 9.17) is 20.1 Å². The maximum Gasteiger partial charge on any atom is 0.291 e. The Morgan fingerprint density at radius 3 is 2.57 bits per heavy atom. The van der Waals surface area contributed by atoms with E-state index in [1.165, 1.54) is 0 Å². The largest absolute Gasteiger partial charge is 0.497 e. The minimum absolute atomic E-state index is 0.638. The monoisotopic (exact) mass is 199 g/mol. The first-order chi connectivity index (χ1) is 6.60. The molecule has 0 aliphatic rings. The molecule has 0 saturated carbocycles. The van der Waals surface area contributed by atoms with Crippen molar-refractivity contribution in [3.8, 4) is 5.75 Å². The van der Waals surface area contributed by atoms with Gasteiger partial charge in [-0.3, -0.25) is 4.79 Å². The average molecular weight is 199 g/mol. The topological polar surface area (TPSA) is 89.7 Å². The van der Waals surface area contributed by atoms with E-state index in [0.29, 0.717) is 11.3 Å². The Morgan fingerprint density at radius 1 is 1.57 bits per heavy atom. The van der Waals surface area contributed by atoms with Crippen molar-refractivity contribution in [1.82, 2.24) is 0 Å². The van der Waals surface area contributed by atoms with E-state index in [-0.39, 0.29) is 0 Å². The standard InChI is InChI=1S/C8H8O2.HNO3/c1-10-8-4-2-3-7(5-8)6-9;2-1(3)4/h2-6H,1H3;(H,2,3,4). The van der Waals surface area contributed by atoms with Crippen LogP contribution >= 0.6 is 0 Å². The average Bonchev–Trinajstić information content (AvgIpc) is 2.17. The van der Waals surface area contributed by atoms with Crippen LogP contribution < -0.4 is 4.74 Å². The third kappa shape index (κ3) is 5.53. The number of nitrogens with zero attached hydrogens (tertiary/aromatic N) is 1. The Morgan fingerprint density at radius 2 is 2.14 bits per heavy atom. The highest BCUT2D eigenvalue weighted by molar-refractivity contribution is 5.75. The minimum Gasteiger partial charge on any atom is -0.497 e. The number of hydrogen-bond acceptors (Lipinski definition) is 4. The van der Waals surface area contributed by atoms with Gasteiger partial charge in [0.05, 0.1) is 7.11 Å². The van der Waals surface area contributed by atoms with E-state index in [0.717, 1.165) is 6.29 Å². The molecule has 0 fully saturated rings. The van der Waals surface area contributed by atoms with Gasteiger partial charge in [0.25, 0.3) is 5.09 Å². The smallest absolute Gasteiger partial charge is 0.291 e. The van der Waals surface area contributed by atoms with Crippen LogP contribution in [0.25, 0.3) is 0 Å². The number of carbonyl (C=O) groups is 1. The van der Waals surface area contributed by atoms with Gasteiger partial charge in [0.2, 0.25) is 0 Å². The zero-order valence-electron chi connectivity index (χ0n) is 7.41. The van der Waals surface area contributed by atoms with E-state index in [9.17, 15) is 4.79 Å². The van der Waals surface area contributed by atoms with E-state index in [2.05, 4.69) is 0 Å². The molecule has 1 aromatic rings. The number of ether oxygens (including phenoxy) is 1. The summed E-state index contributed by atoms with van der Waals surface area (Å²) in [5.41, 5.74) is 0.638. The van der Waals surface area contributed by atoms with Crippen molar-refractivity contribution in [1.29, 1.82) is 0 Å². The maximum absolute atomic E-state index is 10.2. The zero-order valence-corrected chi connectivity index (χ0v) is 7.41. The summed E-state index contributed by atoms with van der Waals surface area (Å²) in [6.07, 6.45) is 0.794. The SMILES string of the molecule is COc1cccc(C=O)c1.O=[N+]([O-])O. The van der Waals surface area contributed by atoms with Crippen molar-refractivity contribution < 1.29 is 19.8 Å². The van der Waals surface area contributed by atoms with Crippen molar-refractivity contribution in [2.75, 3.05) is 7.11 Å². The fourth-order valence-electron chi connectivity index (χ4n) is 0.715. The summed E-state index contributed by atoms with van der Waals surface area (Å²) in [5.74, 6) is 0.713. The van der Waals surface area contributed by atoms with Gasteiger partial charge in [-0.1, -0.05) is 12.1 Å². The van der Waals surface area contributed by atoms with Crippen LogP contribution in [-0.4, -0.2) is 23.7 Å². The van der Waals surface area contributed by atoms with Crippen molar-refractivity contribution in [3.05, 3.63) is 39.9 Å². The lowest BCUT2D eigenvalue weighted by Crippen LogP contribution is -1.84. The van der Waals surface area contributed by atoms with Gasteiger partial charge in [-0.25, -0.2) is 0 Å². The summed E-state index contributed by atoms with van der Waals surface area (Å²) < 4.78 is 4.90. The molecule has 0 unspecified atom stereocenters. The number of methoxy groups -OCH3 is 1. The second kappa shape index (κ2) is 6.41. The highest BCUT2D eigenvalue weighted by Crippen LogP contribution is 2.10. The molecule has 14 heavy (non-hydrogen) atoms. The van der Waals surface area contributed by atoms with Crippen LogP contribution in [0.5, 0.6) is 5.75 Å². The second-order valence-corrected chi connectivity index (χ2v) is 2.13. The van der Waals surface area contributed by atoms with Crippen LogP contribution in [0.3, 0.4) is 0 Å². The van der Waals surface area contributed by atoms with Crippen LogP contribution in [0.1, 0.15) is 10.4 Å². The number of hydrogen-bond donors (Lipinski definition) is 1. The molecule has 6 heteroatoms. The molecule has 0 aromatic heterocycles. The van der Waals surface area contributed by atoms with Crippen molar-refractivity contribution in [2.45, 2.75) is 0 Å². The normalized spacial score (nSPS) is 8.07. The Labute approximate surface area is 79.8 Å². The third-order valence-electron chi connectivity index (χ3n) is 1.23. The van der Waals surface area contributed by atoms with E-state index in [1.807, 2.05) is 0 Å². The summed E-state index contributed by atoms with van der Waals surface area (Å²) >= 11 is 0. The van der Waals surface area contributed by atoms with Gasteiger partial charge in [0.1, 0.15) is 12.0 Å². The molecule has 1 rings (SSSR count). The van der Waals surface area contributed by atoms with Gasteiger partial charge in [-0.15, -0.1) is 10.1 Å². The van der Waals surface area contributed by atoms with Crippen LogP contribution in [-0.2, 0) is 0 Å².